The van der Waals surface area contributed by atoms with Gasteiger partial charge in [-0.15, -0.1) is 0 Å². The molecule has 0 radical (unpaired) electrons. The molecule has 2 amide bonds. The third-order valence-electron chi connectivity index (χ3n) is 5.31. The van der Waals surface area contributed by atoms with Crippen LogP contribution < -0.4 is 10.6 Å². The Labute approximate surface area is 159 Å². The second-order valence-electron chi connectivity index (χ2n) is 7.34. The van der Waals surface area contributed by atoms with Gasteiger partial charge < -0.3 is 10.6 Å². The molecule has 2 N–H and O–H groups in total. The summed E-state index contributed by atoms with van der Waals surface area (Å²) >= 11 is 0. The Kier molecular flexibility index (Phi) is 5.80. The summed E-state index contributed by atoms with van der Waals surface area (Å²) < 4.78 is 23.0. The Balaban J connectivity index is 1.47. The van der Waals surface area contributed by atoms with Gasteiger partial charge in [0, 0.05) is 23.6 Å². The molecule has 0 spiro atoms. The molecule has 2 aliphatic rings. The van der Waals surface area contributed by atoms with E-state index in [9.17, 15) is 18.0 Å². The molecule has 2 fully saturated rings. The van der Waals surface area contributed by atoms with Crippen molar-refractivity contribution in [1.29, 1.82) is 5.26 Å². The average Bonchev–Trinajstić information content (AvgIpc) is 3.00. The van der Waals surface area contributed by atoms with Crippen LogP contribution in [0, 0.1) is 23.2 Å². The van der Waals surface area contributed by atoms with Crippen LogP contribution in [0.1, 0.15) is 37.7 Å². The van der Waals surface area contributed by atoms with Crippen molar-refractivity contribution in [2.75, 3.05) is 16.8 Å². The van der Waals surface area contributed by atoms with Crippen molar-refractivity contribution in [3.05, 3.63) is 29.8 Å². The van der Waals surface area contributed by atoms with Crippen LogP contribution in [0.3, 0.4) is 0 Å². The van der Waals surface area contributed by atoms with Crippen LogP contribution in [0.2, 0.25) is 0 Å². The summed E-state index contributed by atoms with van der Waals surface area (Å²) in [5.74, 6) is -0.356. The van der Waals surface area contributed by atoms with E-state index in [2.05, 4.69) is 10.6 Å². The van der Waals surface area contributed by atoms with Crippen molar-refractivity contribution in [3.8, 4) is 6.07 Å². The Bertz CT molecular complexity index is 867. The molecule has 1 saturated carbocycles. The van der Waals surface area contributed by atoms with Gasteiger partial charge in [0.2, 0.25) is 11.8 Å². The maximum atomic E-state index is 12.4. The van der Waals surface area contributed by atoms with Gasteiger partial charge in [-0.05, 0) is 50.3 Å². The quantitative estimate of drug-likeness (QED) is 0.811. The number of amides is 2. The van der Waals surface area contributed by atoms with Crippen LogP contribution in [0.4, 0.5) is 5.69 Å². The predicted octanol–water partition coefficient (Wildman–Crippen LogP) is 1.61. The number of rotatable bonds is 4. The summed E-state index contributed by atoms with van der Waals surface area (Å²) in [5.41, 5.74) is 1.09. The zero-order valence-electron chi connectivity index (χ0n) is 15.0. The maximum absolute atomic E-state index is 12.4. The highest BCUT2D eigenvalue weighted by Gasteiger charge is 2.33. The lowest BCUT2D eigenvalue weighted by Gasteiger charge is -2.28. The molecule has 0 aromatic heterocycles. The zero-order valence-corrected chi connectivity index (χ0v) is 15.8. The summed E-state index contributed by atoms with van der Waals surface area (Å²) in [4.78, 5) is 24.8. The smallest absolute Gasteiger partial charge is 0.227 e. The molecule has 8 heteroatoms. The van der Waals surface area contributed by atoms with Gasteiger partial charge in [-0.1, -0.05) is 6.07 Å². The van der Waals surface area contributed by atoms with E-state index in [-0.39, 0.29) is 41.2 Å². The summed E-state index contributed by atoms with van der Waals surface area (Å²) in [6.45, 7) is 0. The molecule has 1 aromatic carbocycles. The number of carbonyl (C=O) groups excluding carboxylic acids is 2. The highest BCUT2D eigenvalue weighted by atomic mass is 32.2. The van der Waals surface area contributed by atoms with Crippen LogP contribution in [0.25, 0.3) is 0 Å². The molecule has 1 aromatic rings. The first-order valence-corrected chi connectivity index (χ1v) is 11.0. The van der Waals surface area contributed by atoms with Crippen molar-refractivity contribution in [2.45, 2.75) is 38.1 Å². The Morgan fingerprint density at radius 2 is 1.70 bits per heavy atom. The van der Waals surface area contributed by atoms with Gasteiger partial charge >= 0.3 is 0 Å². The Morgan fingerprint density at radius 1 is 1.04 bits per heavy atom. The van der Waals surface area contributed by atoms with Gasteiger partial charge in [0.05, 0.1) is 23.1 Å². The first kappa shape index (κ1) is 19.4. The van der Waals surface area contributed by atoms with E-state index in [0.29, 0.717) is 43.4 Å². The average molecular weight is 389 g/mol. The van der Waals surface area contributed by atoms with Crippen molar-refractivity contribution in [3.63, 3.8) is 0 Å². The van der Waals surface area contributed by atoms with Crippen molar-refractivity contribution < 1.29 is 18.0 Å². The number of nitriles is 1. The molecular formula is C19H23N3O4S. The number of nitrogens with one attached hydrogen (secondary N) is 2. The second kappa shape index (κ2) is 8.09. The fraction of sp³-hybridized carbons (Fsp3) is 0.526. The Hall–Kier alpha value is -2.40. The summed E-state index contributed by atoms with van der Waals surface area (Å²) in [6, 6.07) is 8.53. The molecule has 1 heterocycles. The Morgan fingerprint density at radius 3 is 2.30 bits per heavy atom. The molecular weight excluding hydrogens is 366 g/mol. The molecule has 1 saturated heterocycles. The van der Waals surface area contributed by atoms with Crippen molar-refractivity contribution in [1.82, 2.24) is 5.32 Å². The summed E-state index contributed by atoms with van der Waals surface area (Å²) in [7, 11) is -3.01. The van der Waals surface area contributed by atoms with Crippen molar-refractivity contribution >= 4 is 27.3 Å². The molecule has 1 atom stereocenters. The van der Waals surface area contributed by atoms with Gasteiger partial charge in [-0.3, -0.25) is 9.59 Å². The normalized spacial score (nSPS) is 26.7. The first-order chi connectivity index (χ1) is 12.9. The monoisotopic (exact) mass is 389 g/mol. The van der Waals surface area contributed by atoms with Crippen LogP contribution in [0.15, 0.2) is 24.3 Å². The molecule has 7 nitrogen and oxygen atoms in total. The van der Waals surface area contributed by atoms with E-state index in [4.69, 9.17) is 5.26 Å². The fourth-order valence-corrected chi connectivity index (χ4v) is 5.43. The largest absolute Gasteiger partial charge is 0.352 e. The van der Waals surface area contributed by atoms with Gasteiger partial charge in [-0.2, -0.15) is 5.26 Å². The SMILES string of the molecule is N#Cc1cccc(NC(=O)C2CCC(C(=O)NC3CCS(=O)(=O)C3)CC2)c1. The van der Waals surface area contributed by atoms with E-state index in [0.717, 1.165) is 0 Å². The van der Waals surface area contributed by atoms with Crippen LogP contribution in [-0.4, -0.2) is 37.8 Å². The number of hydrogen-bond acceptors (Lipinski definition) is 5. The molecule has 0 bridgehead atoms. The van der Waals surface area contributed by atoms with E-state index in [1.54, 1.807) is 24.3 Å². The molecule has 1 unspecified atom stereocenters. The minimum Gasteiger partial charge on any atom is -0.352 e. The molecule has 1 aliphatic carbocycles. The number of carbonyl (C=O) groups is 2. The van der Waals surface area contributed by atoms with E-state index < -0.39 is 9.84 Å². The molecule has 144 valence electrons. The third-order valence-corrected chi connectivity index (χ3v) is 7.07. The second-order valence-corrected chi connectivity index (χ2v) is 9.57. The number of sulfone groups is 1. The minimum atomic E-state index is -3.01. The zero-order chi connectivity index (χ0) is 19.4. The van der Waals surface area contributed by atoms with Gasteiger partial charge in [-0.25, -0.2) is 8.42 Å². The van der Waals surface area contributed by atoms with Crippen LogP contribution in [-0.2, 0) is 19.4 Å². The summed E-state index contributed by atoms with van der Waals surface area (Å²) in [6.07, 6.45) is 2.94. The van der Waals surface area contributed by atoms with Gasteiger partial charge in [0.25, 0.3) is 0 Å². The highest BCUT2D eigenvalue weighted by Crippen LogP contribution is 2.30. The third kappa shape index (κ3) is 5.07. The fourth-order valence-electron chi connectivity index (χ4n) is 3.76. The number of benzene rings is 1. The lowest BCUT2D eigenvalue weighted by atomic mass is 9.81. The maximum Gasteiger partial charge on any atom is 0.227 e. The van der Waals surface area contributed by atoms with Crippen molar-refractivity contribution in [2.24, 2.45) is 11.8 Å². The molecule has 3 rings (SSSR count). The van der Waals surface area contributed by atoms with Gasteiger partial charge in [0.15, 0.2) is 9.84 Å². The lowest BCUT2D eigenvalue weighted by molar-refractivity contribution is -0.129. The van der Waals surface area contributed by atoms with E-state index in [1.165, 1.54) is 0 Å². The van der Waals surface area contributed by atoms with E-state index in [1.807, 2.05) is 6.07 Å². The number of nitrogens with zero attached hydrogens (tertiary/aromatic N) is 1. The number of anilines is 1. The lowest BCUT2D eigenvalue weighted by Crippen LogP contribution is -2.41. The molecule has 1 aliphatic heterocycles. The minimum absolute atomic E-state index is 0.0260. The van der Waals surface area contributed by atoms with Crippen LogP contribution in [0.5, 0.6) is 0 Å². The standard InChI is InChI=1S/C19H23N3O4S/c20-11-13-2-1-3-16(10-13)21-18(23)14-4-6-15(7-5-14)19(24)22-17-8-9-27(25,26)12-17/h1-3,10,14-15,17H,4-9,12H2,(H,21,23)(H,22,24). The predicted molar refractivity (Wildman–Crippen MR) is 100 cm³/mol. The molecule has 27 heavy (non-hydrogen) atoms. The van der Waals surface area contributed by atoms with Gasteiger partial charge in [0.1, 0.15) is 0 Å². The van der Waals surface area contributed by atoms with Crippen LogP contribution >= 0.6 is 0 Å². The van der Waals surface area contributed by atoms with E-state index >= 15 is 0 Å². The topological polar surface area (TPSA) is 116 Å². The summed E-state index contributed by atoms with van der Waals surface area (Å²) in [5, 5.41) is 14.6. The number of hydrogen-bond donors (Lipinski definition) is 2. The first-order valence-electron chi connectivity index (χ1n) is 9.18. The highest BCUT2D eigenvalue weighted by molar-refractivity contribution is 7.91.